The normalized spacial score (nSPS) is 13.6. The maximum absolute atomic E-state index is 13.5. The number of aryl methyl sites for hydroxylation is 1. The maximum atomic E-state index is 13.5. The monoisotopic (exact) mass is 450 g/mol. The summed E-state index contributed by atoms with van der Waals surface area (Å²) in [7, 11) is 3.13. The Balaban J connectivity index is 1.61. The highest BCUT2D eigenvalue weighted by molar-refractivity contribution is 5.84. The molecule has 1 aromatic heterocycles. The SMILES string of the molecule is COc1ccc2cc(CN(C)C(=O)NCC[C@](O)(c3ccc(C)o3)C(F)(F)F)ccc2c1. The van der Waals surface area contributed by atoms with Crippen molar-refractivity contribution in [3.05, 3.63) is 65.6 Å². The fourth-order valence-corrected chi connectivity index (χ4v) is 3.39. The van der Waals surface area contributed by atoms with Crippen molar-refractivity contribution in [1.29, 1.82) is 0 Å². The molecule has 0 spiro atoms. The van der Waals surface area contributed by atoms with Crippen LogP contribution in [-0.4, -0.2) is 42.9 Å². The molecule has 0 fully saturated rings. The summed E-state index contributed by atoms with van der Waals surface area (Å²) in [5, 5.41) is 14.7. The molecule has 6 nitrogen and oxygen atoms in total. The summed E-state index contributed by atoms with van der Waals surface area (Å²) < 4.78 is 50.7. The van der Waals surface area contributed by atoms with Crippen molar-refractivity contribution >= 4 is 16.8 Å². The second-order valence-corrected chi connectivity index (χ2v) is 7.65. The van der Waals surface area contributed by atoms with Crippen molar-refractivity contribution in [2.45, 2.75) is 31.7 Å². The summed E-state index contributed by atoms with van der Waals surface area (Å²) in [4.78, 5) is 13.7. The first kappa shape index (κ1) is 23.5. The number of carbonyl (C=O) groups excluding carboxylic acids is 1. The van der Waals surface area contributed by atoms with Gasteiger partial charge in [0.1, 0.15) is 17.3 Å². The molecule has 0 aliphatic heterocycles. The zero-order valence-corrected chi connectivity index (χ0v) is 18.0. The Morgan fingerprint density at radius 1 is 1.12 bits per heavy atom. The van der Waals surface area contributed by atoms with E-state index < -0.39 is 36.5 Å². The number of halogens is 3. The molecule has 0 aliphatic carbocycles. The molecule has 3 rings (SSSR count). The van der Waals surface area contributed by atoms with E-state index in [1.54, 1.807) is 14.2 Å². The number of benzene rings is 2. The minimum absolute atomic E-state index is 0.250. The van der Waals surface area contributed by atoms with E-state index in [-0.39, 0.29) is 12.3 Å². The van der Waals surface area contributed by atoms with E-state index >= 15 is 0 Å². The molecule has 0 unspecified atom stereocenters. The Labute approximate surface area is 183 Å². The third-order valence-corrected chi connectivity index (χ3v) is 5.26. The Morgan fingerprint density at radius 3 is 2.44 bits per heavy atom. The van der Waals surface area contributed by atoms with Gasteiger partial charge in [0.25, 0.3) is 0 Å². The second kappa shape index (κ2) is 9.12. The number of methoxy groups -OCH3 is 1. The number of urea groups is 1. The predicted molar refractivity (Wildman–Crippen MR) is 113 cm³/mol. The highest BCUT2D eigenvalue weighted by Crippen LogP contribution is 2.42. The van der Waals surface area contributed by atoms with Crippen LogP contribution < -0.4 is 10.1 Å². The number of ether oxygens (including phenoxy) is 1. The van der Waals surface area contributed by atoms with Gasteiger partial charge in [-0.25, -0.2) is 4.79 Å². The van der Waals surface area contributed by atoms with Gasteiger partial charge < -0.3 is 24.5 Å². The number of aliphatic hydroxyl groups is 1. The van der Waals surface area contributed by atoms with Gasteiger partial charge in [0.15, 0.2) is 0 Å². The van der Waals surface area contributed by atoms with Crippen LogP contribution in [0.1, 0.15) is 23.5 Å². The highest BCUT2D eigenvalue weighted by atomic mass is 19.4. The van der Waals surface area contributed by atoms with E-state index in [0.717, 1.165) is 28.2 Å². The predicted octanol–water partition coefficient (Wildman–Crippen LogP) is 4.73. The molecule has 0 bridgehead atoms. The molecule has 2 amide bonds. The molecule has 3 aromatic rings. The van der Waals surface area contributed by atoms with E-state index in [0.29, 0.717) is 0 Å². The minimum Gasteiger partial charge on any atom is -0.497 e. The van der Waals surface area contributed by atoms with Gasteiger partial charge in [0, 0.05) is 26.6 Å². The van der Waals surface area contributed by atoms with Crippen molar-refractivity contribution in [2.24, 2.45) is 0 Å². The molecule has 1 atom stereocenters. The first-order chi connectivity index (χ1) is 15.0. The molecule has 9 heteroatoms. The van der Waals surface area contributed by atoms with E-state index in [9.17, 15) is 23.1 Å². The van der Waals surface area contributed by atoms with Gasteiger partial charge in [-0.15, -0.1) is 0 Å². The molecule has 0 radical (unpaired) electrons. The number of furan rings is 1. The van der Waals surface area contributed by atoms with E-state index in [1.807, 2.05) is 36.4 Å². The summed E-state index contributed by atoms with van der Waals surface area (Å²) in [5.74, 6) is 0.392. The Morgan fingerprint density at radius 2 is 1.81 bits per heavy atom. The number of fused-ring (bicyclic) bond motifs is 1. The van der Waals surface area contributed by atoms with Crippen LogP contribution >= 0.6 is 0 Å². The lowest BCUT2D eigenvalue weighted by Gasteiger charge is -2.29. The summed E-state index contributed by atoms with van der Waals surface area (Å²) >= 11 is 0. The molecule has 0 saturated carbocycles. The molecular weight excluding hydrogens is 425 g/mol. The van der Waals surface area contributed by atoms with Crippen molar-refractivity contribution in [3.8, 4) is 5.75 Å². The summed E-state index contributed by atoms with van der Waals surface area (Å²) in [5.41, 5.74) is -2.33. The van der Waals surface area contributed by atoms with Crippen LogP contribution in [0.5, 0.6) is 5.75 Å². The zero-order valence-electron chi connectivity index (χ0n) is 18.0. The van der Waals surface area contributed by atoms with Gasteiger partial charge in [-0.3, -0.25) is 0 Å². The van der Waals surface area contributed by atoms with Crippen LogP contribution in [0.4, 0.5) is 18.0 Å². The molecular formula is C23H25F3N2O4. The van der Waals surface area contributed by atoms with Gasteiger partial charge in [-0.2, -0.15) is 13.2 Å². The summed E-state index contributed by atoms with van der Waals surface area (Å²) in [6, 6.07) is 13.2. The van der Waals surface area contributed by atoms with Crippen molar-refractivity contribution < 1.29 is 32.2 Å². The Kier molecular flexibility index (Phi) is 6.68. The Hall–Kier alpha value is -3.20. The van der Waals surface area contributed by atoms with Gasteiger partial charge in [0.05, 0.1) is 7.11 Å². The molecule has 32 heavy (non-hydrogen) atoms. The lowest BCUT2D eigenvalue weighted by molar-refractivity contribution is -0.274. The first-order valence-corrected chi connectivity index (χ1v) is 9.95. The van der Waals surface area contributed by atoms with Crippen LogP contribution in [0.2, 0.25) is 0 Å². The fourth-order valence-electron chi connectivity index (χ4n) is 3.39. The number of amides is 2. The zero-order chi connectivity index (χ0) is 23.5. The number of carbonyl (C=O) groups is 1. The number of hydrogen-bond acceptors (Lipinski definition) is 4. The molecule has 2 aromatic carbocycles. The summed E-state index contributed by atoms with van der Waals surface area (Å²) in [6.07, 6.45) is -5.73. The minimum atomic E-state index is -4.96. The fraction of sp³-hybridized carbons (Fsp3) is 0.348. The topological polar surface area (TPSA) is 74.9 Å². The quantitative estimate of drug-likeness (QED) is 0.546. The Bertz CT molecular complexity index is 1100. The highest BCUT2D eigenvalue weighted by Gasteiger charge is 2.56. The first-order valence-electron chi connectivity index (χ1n) is 9.95. The van der Waals surface area contributed by atoms with Gasteiger partial charge >= 0.3 is 12.2 Å². The van der Waals surface area contributed by atoms with Crippen LogP contribution in [0.3, 0.4) is 0 Å². The second-order valence-electron chi connectivity index (χ2n) is 7.65. The van der Waals surface area contributed by atoms with E-state index in [1.165, 1.54) is 17.9 Å². The number of alkyl halides is 3. The van der Waals surface area contributed by atoms with Crippen LogP contribution in [0, 0.1) is 6.92 Å². The van der Waals surface area contributed by atoms with Gasteiger partial charge in [-0.05, 0) is 53.6 Å². The molecule has 0 saturated heterocycles. The van der Waals surface area contributed by atoms with Crippen molar-refractivity contribution in [1.82, 2.24) is 10.2 Å². The van der Waals surface area contributed by atoms with Crippen LogP contribution in [0.15, 0.2) is 52.9 Å². The lowest BCUT2D eigenvalue weighted by atomic mass is 9.96. The lowest BCUT2D eigenvalue weighted by Crippen LogP contribution is -2.46. The largest absolute Gasteiger partial charge is 0.497 e. The third-order valence-electron chi connectivity index (χ3n) is 5.26. The van der Waals surface area contributed by atoms with Crippen molar-refractivity contribution in [2.75, 3.05) is 20.7 Å². The summed E-state index contributed by atoms with van der Waals surface area (Å²) in [6.45, 7) is 1.35. The van der Waals surface area contributed by atoms with Crippen molar-refractivity contribution in [3.63, 3.8) is 0 Å². The number of nitrogens with zero attached hydrogens (tertiary/aromatic N) is 1. The third kappa shape index (κ3) is 4.99. The standard InChI is InChI=1S/C23H25F3N2O4/c1-15-4-9-20(32-15)22(30,23(24,25)26)10-11-27-21(29)28(2)14-16-5-6-18-13-19(31-3)8-7-17(18)12-16/h4-9,12-13,30H,10-11,14H2,1-3H3,(H,27,29)/t22-/m0/s1. The van der Waals surface area contributed by atoms with Crippen LogP contribution in [0.25, 0.3) is 10.8 Å². The number of rotatable bonds is 7. The molecule has 1 heterocycles. The van der Waals surface area contributed by atoms with E-state index in [4.69, 9.17) is 9.15 Å². The smallest absolute Gasteiger partial charge is 0.424 e. The average molecular weight is 450 g/mol. The van der Waals surface area contributed by atoms with Crippen LogP contribution in [-0.2, 0) is 12.1 Å². The number of nitrogens with one attached hydrogen (secondary N) is 1. The molecule has 0 aliphatic rings. The van der Waals surface area contributed by atoms with Gasteiger partial charge in [0.2, 0.25) is 5.60 Å². The average Bonchev–Trinajstić information content (AvgIpc) is 3.19. The maximum Gasteiger partial charge on any atom is 0.424 e. The molecule has 2 N–H and O–H groups in total. The number of hydrogen-bond donors (Lipinski definition) is 2. The van der Waals surface area contributed by atoms with Gasteiger partial charge in [-0.1, -0.05) is 18.2 Å². The van der Waals surface area contributed by atoms with E-state index in [2.05, 4.69) is 5.32 Å². The molecule has 172 valence electrons.